The number of hydrogen-bond donors (Lipinski definition) is 0. The van der Waals surface area contributed by atoms with E-state index in [1.54, 1.807) is 13.4 Å². The average molecular weight is 316 g/mol. The maximum absolute atomic E-state index is 12.1. The molecule has 0 saturated heterocycles. The van der Waals surface area contributed by atoms with Crippen LogP contribution in [0.3, 0.4) is 0 Å². The molecule has 1 aliphatic heterocycles. The van der Waals surface area contributed by atoms with Crippen LogP contribution in [0, 0.1) is 5.92 Å². The van der Waals surface area contributed by atoms with Gasteiger partial charge in [0.25, 0.3) is 0 Å². The lowest BCUT2D eigenvalue weighted by Crippen LogP contribution is -2.38. The van der Waals surface area contributed by atoms with Crippen molar-refractivity contribution in [1.82, 2.24) is 19.7 Å². The van der Waals surface area contributed by atoms with Gasteiger partial charge in [0.05, 0.1) is 0 Å². The summed E-state index contributed by atoms with van der Waals surface area (Å²) in [7, 11) is 1.54. The molecule has 0 spiro atoms. The maximum atomic E-state index is 12.1. The molecule has 0 aromatic carbocycles. The Morgan fingerprint density at radius 3 is 3.04 bits per heavy atom. The van der Waals surface area contributed by atoms with Gasteiger partial charge in [-0.2, -0.15) is 5.10 Å². The normalized spacial score (nSPS) is 17.3. The van der Waals surface area contributed by atoms with E-state index in [9.17, 15) is 4.79 Å². The molecule has 1 fully saturated rings. The van der Waals surface area contributed by atoms with E-state index in [0.29, 0.717) is 13.1 Å². The Morgan fingerprint density at radius 2 is 2.35 bits per heavy atom. The fourth-order valence-corrected chi connectivity index (χ4v) is 3.15. The van der Waals surface area contributed by atoms with Gasteiger partial charge in [0.15, 0.2) is 6.39 Å². The number of carbonyl (C=O) groups excluding carboxylic acids is 1. The number of fused-ring (bicyclic) bond motifs is 1. The number of amides is 1. The monoisotopic (exact) mass is 316 g/mol. The van der Waals surface area contributed by atoms with Crippen molar-refractivity contribution >= 4 is 5.91 Å². The number of nitrogens with zero attached hydrogens (tertiary/aromatic N) is 4. The van der Waals surface area contributed by atoms with Crippen molar-refractivity contribution in [3.8, 4) is 11.4 Å². The molecular formula is C16H20N4O3. The van der Waals surface area contributed by atoms with Crippen LogP contribution in [0.15, 0.2) is 17.1 Å². The first kappa shape index (κ1) is 14.4. The van der Waals surface area contributed by atoms with Crippen molar-refractivity contribution in [1.29, 1.82) is 0 Å². The third-order valence-electron chi connectivity index (χ3n) is 4.56. The highest BCUT2D eigenvalue weighted by Crippen LogP contribution is 2.34. The van der Waals surface area contributed by atoms with Crippen LogP contribution in [-0.2, 0) is 29.0 Å². The zero-order valence-electron chi connectivity index (χ0n) is 13.2. The quantitative estimate of drug-likeness (QED) is 0.835. The summed E-state index contributed by atoms with van der Waals surface area (Å²) in [5.74, 6) is 0.761. The van der Waals surface area contributed by atoms with Crippen LogP contribution in [0.25, 0.3) is 11.4 Å². The van der Waals surface area contributed by atoms with Crippen LogP contribution in [0.5, 0.6) is 0 Å². The van der Waals surface area contributed by atoms with Crippen molar-refractivity contribution < 1.29 is 13.9 Å². The molecule has 0 radical (unpaired) electrons. The van der Waals surface area contributed by atoms with Crippen LogP contribution in [0.2, 0.25) is 0 Å². The van der Waals surface area contributed by atoms with E-state index in [2.05, 4.69) is 9.67 Å². The molecule has 2 aromatic heterocycles. The van der Waals surface area contributed by atoms with Gasteiger partial charge in [0.2, 0.25) is 5.91 Å². The summed E-state index contributed by atoms with van der Waals surface area (Å²) in [6.45, 7) is 2.35. The zero-order valence-corrected chi connectivity index (χ0v) is 13.2. The minimum Gasteiger partial charge on any atom is -0.451 e. The fraction of sp³-hybridized carbons (Fsp3) is 0.562. The average Bonchev–Trinajstić information content (AvgIpc) is 3.08. The summed E-state index contributed by atoms with van der Waals surface area (Å²) in [6, 6.07) is 0. The van der Waals surface area contributed by atoms with E-state index >= 15 is 0 Å². The zero-order chi connectivity index (χ0) is 15.8. The molecule has 1 aliphatic carbocycles. The highest BCUT2D eigenvalue weighted by molar-refractivity contribution is 5.78. The van der Waals surface area contributed by atoms with E-state index in [4.69, 9.17) is 14.3 Å². The topological polar surface area (TPSA) is 73.4 Å². The second-order valence-corrected chi connectivity index (χ2v) is 6.27. The first-order chi connectivity index (χ1) is 11.3. The highest BCUT2D eigenvalue weighted by Gasteiger charge is 2.31. The van der Waals surface area contributed by atoms with Crippen LogP contribution in [0.4, 0.5) is 0 Å². The third-order valence-corrected chi connectivity index (χ3v) is 4.56. The molecule has 122 valence electrons. The summed E-state index contributed by atoms with van der Waals surface area (Å²) in [6.07, 6.45) is 6.42. The van der Waals surface area contributed by atoms with E-state index in [1.807, 2.05) is 4.90 Å². The first-order valence-corrected chi connectivity index (χ1v) is 8.00. The van der Waals surface area contributed by atoms with Crippen molar-refractivity contribution in [3.63, 3.8) is 0 Å². The largest absolute Gasteiger partial charge is 0.451 e. The Bertz CT molecular complexity index is 703. The Kier molecular flexibility index (Phi) is 3.65. The maximum Gasteiger partial charge on any atom is 0.248 e. The summed E-state index contributed by atoms with van der Waals surface area (Å²) < 4.78 is 12.2. The molecular weight excluding hydrogens is 296 g/mol. The third kappa shape index (κ3) is 2.76. The lowest BCUT2D eigenvalue weighted by Gasteiger charge is -2.27. The van der Waals surface area contributed by atoms with Crippen molar-refractivity contribution in [2.24, 2.45) is 5.92 Å². The Morgan fingerprint density at radius 1 is 1.48 bits per heavy atom. The Labute approximate surface area is 134 Å². The molecule has 1 saturated carbocycles. The van der Waals surface area contributed by atoms with E-state index in [1.165, 1.54) is 24.9 Å². The number of rotatable bonds is 5. The van der Waals surface area contributed by atoms with Gasteiger partial charge < -0.3 is 14.1 Å². The molecule has 3 heterocycles. The number of carbonyl (C=O) groups is 1. The molecule has 0 N–H and O–H groups in total. The second-order valence-electron chi connectivity index (χ2n) is 6.27. The Hall–Kier alpha value is -2.15. The standard InChI is InChI=1S/C16H20N4O3/c1-22-9-15(21)19-5-4-14-12(7-19)16(13-8-23-10-17-13)18-20(14)6-11-2-3-11/h8,10-11H,2-7,9H2,1H3. The van der Waals surface area contributed by atoms with Gasteiger partial charge >= 0.3 is 0 Å². The predicted molar refractivity (Wildman–Crippen MR) is 81.4 cm³/mol. The van der Waals surface area contributed by atoms with E-state index in [0.717, 1.165) is 35.8 Å². The van der Waals surface area contributed by atoms with Gasteiger partial charge in [-0.3, -0.25) is 9.48 Å². The summed E-state index contributed by atoms with van der Waals surface area (Å²) in [5, 5.41) is 4.78. The van der Waals surface area contributed by atoms with Crippen LogP contribution in [-0.4, -0.2) is 45.8 Å². The molecule has 0 unspecified atom stereocenters. The first-order valence-electron chi connectivity index (χ1n) is 8.00. The summed E-state index contributed by atoms with van der Waals surface area (Å²) in [5.41, 5.74) is 3.90. The predicted octanol–water partition coefficient (Wildman–Crippen LogP) is 1.48. The van der Waals surface area contributed by atoms with Gasteiger partial charge in [-0.05, 0) is 18.8 Å². The van der Waals surface area contributed by atoms with Crippen molar-refractivity contribution in [2.45, 2.75) is 32.4 Å². The number of oxazole rings is 1. The van der Waals surface area contributed by atoms with Crippen LogP contribution < -0.4 is 0 Å². The molecule has 2 aliphatic rings. The smallest absolute Gasteiger partial charge is 0.248 e. The number of hydrogen-bond acceptors (Lipinski definition) is 5. The number of ether oxygens (including phenoxy) is 1. The van der Waals surface area contributed by atoms with Gasteiger partial charge in [0, 0.05) is 44.4 Å². The molecule has 7 nitrogen and oxygen atoms in total. The molecule has 1 amide bonds. The van der Waals surface area contributed by atoms with Crippen molar-refractivity contribution in [3.05, 3.63) is 23.9 Å². The van der Waals surface area contributed by atoms with Crippen LogP contribution >= 0.6 is 0 Å². The van der Waals surface area contributed by atoms with Crippen molar-refractivity contribution in [2.75, 3.05) is 20.3 Å². The Balaban J connectivity index is 1.67. The summed E-state index contributed by atoms with van der Waals surface area (Å²) >= 11 is 0. The van der Waals surface area contributed by atoms with E-state index in [-0.39, 0.29) is 12.5 Å². The lowest BCUT2D eigenvalue weighted by atomic mass is 10.0. The van der Waals surface area contributed by atoms with Gasteiger partial charge in [-0.1, -0.05) is 0 Å². The lowest BCUT2D eigenvalue weighted by molar-refractivity contribution is -0.136. The van der Waals surface area contributed by atoms with Crippen LogP contribution in [0.1, 0.15) is 24.1 Å². The fourth-order valence-electron chi connectivity index (χ4n) is 3.15. The summed E-state index contributed by atoms with van der Waals surface area (Å²) in [4.78, 5) is 18.2. The van der Waals surface area contributed by atoms with E-state index < -0.39 is 0 Å². The molecule has 0 bridgehead atoms. The van der Waals surface area contributed by atoms with Gasteiger partial charge in [-0.15, -0.1) is 0 Å². The molecule has 4 rings (SSSR count). The highest BCUT2D eigenvalue weighted by atomic mass is 16.5. The molecule has 2 aromatic rings. The minimum absolute atomic E-state index is 0.0131. The molecule has 0 atom stereocenters. The number of aromatic nitrogens is 3. The molecule has 23 heavy (non-hydrogen) atoms. The number of methoxy groups -OCH3 is 1. The van der Waals surface area contributed by atoms with Gasteiger partial charge in [-0.25, -0.2) is 4.98 Å². The SMILES string of the molecule is COCC(=O)N1CCc2c(c(-c3cocn3)nn2CC2CC2)C1. The van der Waals surface area contributed by atoms with Gasteiger partial charge in [0.1, 0.15) is 24.3 Å². The minimum atomic E-state index is 0.0131. The second kappa shape index (κ2) is 5.81. The molecule has 7 heteroatoms.